The van der Waals surface area contributed by atoms with Crippen LogP contribution < -0.4 is 10.1 Å². The molecule has 3 aromatic rings. The van der Waals surface area contributed by atoms with E-state index >= 15 is 0 Å². The largest absolute Gasteiger partial charge is 0.490 e. The van der Waals surface area contributed by atoms with Gasteiger partial charge in [-0.2, -0.15) is 0 Å². The molecule has 2 N–H and O–H groups in total. The van der Waals surface area contributed by atoms with Crippen molar-refractivity contribution in [1.29, 1.82) is 0 Å². The molecule has 0 aliphatic carbocycles. The average Bonchev–Trinajstić information content (AvgIpc) is 2.74. The molecule has 0 bridgehead atoms. The third-order valence-electron chi connectivity index (χ3n) is 4.09. The molecule has 0 aromatic heterocycles. The van der Waals surface area contributed by atoms with Gasteiger partial charge in [0, 0.05) is 10.7 Å². The monoisotopic (exact) mass is 411 g/mol. The van der Waals surface area contributed by atoms with Crippen molar-refractivity contribution in [3.8, 4) is 5.75 Å². The van der Waals surface area contributed by atoms with E-state index in [0.717, 1.165) is 5.56 Å². The molecule has 0 radical (unpaired) electrons. The zero-order valence-electron chi connectivity index (χ0n) is 15.8. The lowest BCUT2D eigenvalue weighted by atomic mass is 10.2. The van der Waals surface area contributed by atoms with Gasteiger partial charge in [-0.15, -0.1) is 0 Å². The Labute approximate surface area is 174 Å². The molecule has 6 heteroatoms. The van der Waals surface area contributed by atoms with Crippen molar-refractivity contribution in [2.45, 2.75) is 12.7 Å². The molecule has 3 aromatic carbocycles. The Hall–Kier alpha value is -2.86. The number of aliphatic hydroxyl groups is 1. The number of rotatable bonds is 9. The van der Waals surface area contributed by atoms with Gasteiger partial charge in [0.05, 0.1) is 18.8 Å². The smallest absolute Gasteiger partial charge is 0.259 e. The summed E-state index contributed by atoms with van der Waals surface area (Å²) in [5.41, 5.74) is 2.05. The number of nitrogens with one attached hydrogen (secondary N) is 1. The number of anilines is 1. The summed E-state index contributed by atoms with van der Waals surface area (Å²) < 4.78 is 11.2. The molecule has 0 heterocycles. The van der Waals surface area contributed by atoms with E-state index in [1.807, 2.05) is 42.5 Å². The number of benzene rings is 3. The van der Waals surface area contributed by atoms with Crippen LogP contribution in [-0.4, -0.2) is 30.3 Å². The van der Waals surface area contributed by atoms with Crippen molar-refractivity contribution in [1.82, 2.24) is 0 Å². The Balaban J connectivity index is 1.49. The van der Waals surface area contributed by atoms with Crippen molar-refractivity contribution < 1.29 is 19.4 Å². The minimum absolute atomic E-state index is 0.0102. The van der Waals surface area contributed by atoms with Gasteiger partial charge >= 0.3 is 0 Å². The van der Waals surface area contributed by atoms with Crippen molar-refractivity contribution in [3.63, 3.8) is 0 Å². The molecule has 29 heavy (non-hydrogen) atoms. The van der Waals surface area contributed by atoms with Gasteiger partial charge < -0.3 is 19.9 Å². The second kappa shape index (κ2) is 10.6. The number of aliphatic hydroxyl groups excluding tert-OH is 1. The molecule has 5 nitrogen and oxygen atoms in total. The highest BCUT2D eigenvalue weighted by molar-refractivity contribution is 6.30. The van der Waals surface area contributed by atoms with Crippen LogP contribution >= 0.6 is 11.6 Å². The quantitative estimate of drug-likeness (QED) is 0.542. The van der Waals surface area contributed by atoms with E-state index in [1.165, 1.54) is 0 Å². The minimum atomic E-state index is -0.826. The molecular weight excluding hydrogens is 390 g/mol. The van der Waals surface area contributed by atoms with E-state index in [9.17, 15) is 9.90 Å². The molecule has 0 aliphatic rings. The maximum Gasteiger partial charge on any atom is 0.259 e. The van der Waals surface area contributed by atoms with Gasteiger partial charge in [0.1, 0.15) is 18.5 Å². The van der Waals surface area contributed by atoms with Crippen LogP contribution in [0.3, 0.4) is 0 Å². The highest BCUT2D eigenvalue weighted by atomic mass is 35.5. The number of carbonyl (C=O) groups excluding carboxylic acids is 1. The fourth-order valence-electron chi connectivity index (χ4n) is 2.63. The third kappa shape index (κ3) is 6.61. The van der Waals surface area contributed by atoms with Crippen molar-refractivity contribution in [2.75, 3.05) is 18.5 Å². The van der Waals surface area contributed by atoms with Crippen LogP contribution in [-0.2, 0) is 11.3 Å². The number of para-hydroxylation sites is 2. The number of halogens is 1. The van der Waals surface area contributed by atoms with E-state index in [4.69, 9.17) is 21.1 Å². The average molecular weight is 412 g/mol. The normalized spacial score (nSPS) is 11.7. The van der Waals surface area contributed by atoms with E-state index in [0.29, 0.717) is 28.6 Å². The first-order chi connectivity index (χ1) is 14.1. The SMILES string of the molecule is O=C(Nc1ccccc1)c1ccccc1OC[C@H](O)COCc1ccc(Cl)cc1. The van der Waals surface area contributed by atoms with Crippen molar-refractivity contribution >= 4 is 23.2 Å². The highest BCUT2D eigenvalue weighted by Gasteiger charge is 2.14. The fraction of sp³-hybridized carbons (Fsp3) is 0.174. The molecule has 0 spiro atoms. The van der Waals surface area contributed by atoms with Crippen LogP contribution in [0, 0.1) is 0 Å². The van der Waals surface area contributed by atoms with Gasteiger partial charge in [-0.3, -0.25) is 4.79 Å². The lowest BCUT2D eigenvalue weighted by molar-refractivity contribution is 0.00536. The summed E-state index contributed by atoms with van der Waals surface area (Å²) in [4.78, 5) is 12.5. The predicted octanol–water partition coefficient (Wildman–Crippen LogP) is 4.55. The minimum Gasteiger partial charge on any atom is -0.490 e. The van der Waals surface area contributed by atoms with Crippen LogP contribution in [0.2, 0.25) is 5.02 Å². The topological polar surface area (TPSA) is 67.8 Å². The van der Waals surface area contributed by atoms with Gasteiger partial charge in [0.2, 0.25) is 0 Å². The summed E-state index contributed by atoms with van der Waals surface area (Å²) in [6.45, 7) is 0.488. The first-order valence-corrected chi connectivity index (χ1v) is 9.58. The molecule has 0 saturated heterocycles. The second-order valence-corrected chi connectivity index (χ2v) is 6.86. The number of carbonyl (C=O) groups is 1. The first kappa shape index (κ1) is 20.9. The summed E-state index contributed by atoms with van der Waals surface area (Å²) in [6.07, 6.45) is -0.826. The predicted molar refractivity (Wildman–Crippen MR) is 113 cm³/mol. The maximum absolute atomic E-state index is 12.5. The molecule has 1 amide bonds. The molecule has 3 rings (SSSR count). The fourth-order valence-corrected chi connectivity index (χ4v) is 2.75. The Bertz CT molecular complexity index is 916. The Kier molecular flexibility index (Phi) is 7.64. The van der Waals surface area contributed by atoms with Gasteiger partial charge in [-0.25, -0.2) is 0 Å². The van der Waals surface area contributed by atoms with Crippen LogP contribution in [0.15, 0.2) is 78.9 Å². The lowest BCUT2D eigenvalue weighted by Crippen LogP contribution is -2.24. The summed E-state index contributed by atoms with van der Waals surface area (Å²) in [5.74, 6) is 0.123. The molecule has 0 unspecified atom stereocenters. The lowest BCUT2D eigenvalue weighted by Gasteiger charge is -2.15. The van der Waals surface area contributed by atoms with Gasteiger partial charge in [0.15, 0.2) is 0 Å². The second-order valence-electron chi connectivity index (χ2n) is 6.42. The number of ether oxygens (including phenoxy) is 2. The molecular formula is C23H22ClNO4. The maximum atomic E-state index is 12.5. The van der Waals surface area contributed by atoms with E-state index in [2.05, 4.69) is 5.32 Å². The standard InChI is InChI=1S/C23H22ClNO4/c24-18-12-10-17(11-13-18)14-28-15-20(26)16-29-22-9-5-4-8-21(22)23(27)25-19-6-2-1-3-7-19/h1-13,20,26H,14-16H2,(H,25,27)/t20-/m1/s1. The van der Waals surface area contributed by atoms with Gasteiger partial charge in [-0.1, -0.05) is 54.1 Å². The number of amides is 1. The van der Waals surface area contributed by atoms with Gasteiger partial charge in [-0.05, 0) is 42.0 Å². The zero-order chi connectivity index (χ0) is 20.5. The highest BCUT2D eigenvalue weighted by Crippen LogP contribution is 2.20. The van der Waals surface area contributed by atoms with Crippen LogP contribution in [0.5, 0.6) is 5.75 Å². The summed E-state index contributed by atoms with van der Waals surface area (Å²) in [7, 11) is 0. The van der Waals surface area contributed by atoms with Crippen molar-refractivity contribution in [3.05, 3.63) is 95.0 Å². The molecule has 0 aliphatic heterocycles. The van der Waals surface area contributed by atoms with E-state index in [1.54, 1.807) is 36.4 Å². The Morgan fingerprint density at radius 3 is 2.38 bits per heavy atom. The third-order valence-corrected chi connectivity index (χ3v) is 4.34. The van der Waals surface area contributed by atoms with Crippen molar-refractivity contribution in [2.24, 2.45) is 0 Å². The number of hydrogen-bond acceptors (Lipinski definition) is 4. The van der Waals surface area contributed by atoms with Gasteiger partial charge in [0.25, 0.3) is 5.91 Å². The zero-order valence-corrected chi connectivity index (χ0v) is 16.5. The molecule has 0 fully saturated rings. The molecule has 150 valence electrons. The van der Waals surface area contributed by atoms with Crippen LogP contribution in [0.25, 0.3) is 0 Å². The Morgan fingerprint density at radius 1 is 0.931 bits per heavy atom. The summed E-state index contributed by atoms with van der Waals surface area (Å²) in [6, 6.07) is 23.4. The van der Waals surface area contributed by atoms with E-state index < -0.39 is 6.10 Å². The first-order valence-electron chi connectivity index (χ1n) is 9.20. The van der Waals surface area contributed by atoms with Crippen LogP contribution in [0.4, 0.5) is 5.69 Å². The van der Waals surface area contributed by atoms with E-state index in [-0.39, 0.29) is 19.1 Å². The Morgan fingerprint density at radius 2 is 1.62 bits per heavy atom. The number of hydrogen-bond donors (Lipinski definition) is 2. The molecule has 0 saturated carbocycles. The molecule has 1 atom stereocenters. The van der Waals surface area contributed by atoms with Crippen LogP contribution in [0.1, 0.15) is 15.9 Å². The summed E-state index contributed by atoms with van der Waals surface area (Å²) >= 11 is 5.85. The summed E-state index contributed by atoms with van der Waals surface area (Å²) in [5, 5.41) is 13.6.